The van der Waals surface area contributed by atoms with Crippen molar-refractivity contribution in [3.63, 3.8) is 0 Å². The summed E-state index contributed by atoms with van der Waals surface area (Å²) in [7, 11) is 0. The van der Waals surface area contributed by atoms with Crippen molar-refractivity contribution in [1.29, 1.82) is 0 Å². The molecule has 0 bridgehead atoms. The smallest absolute Gasteiger partial charge is 0.315 e. The molecule has 0 aromatic heterocycles. The molecule has 0 aliphatic heterocycles. The molecule has 2 N–H and O–H groups in total. The SMILES string of the molecule is O=C(NCC/C=C/c1ccccc1)NC1CCCC1. The lowest BCUT2D eigenvalue weighted by atomic mass is 10.2. The minimum absolute atomic E-state index is 0.0278. The minimum atomic E-state index is -0.0278. The highest BCUT2D eigenvalue weighted by atomic mass is 16.2. The van der Waals surface area contributed by atoms with Crippen molar-refractivity contribution in [1.82, 2.24) is 10.6 Å². The first-order valence-electron chi connectivity index (χ1n) is 7.10. The normalized spacial score (nSPS) is 15.8. The van der Waals surface area contributed by atoms with E-state index in [2.05, 4.69) is 34.9 Å². The Bertz CT molecular complexity index is 408. The standard InChI is InChI=1S/C16H22N2O/c19-16(18-15-11-4-5-12-15)17-13-7-6-10-14-8-2-1-3-9-14/h1-3,6,8-10,15H,4-5,7,11-13H2,(H2,17,18,19)/b10-6+. The zero-order valence-corrected chi connectivity index (χ0v) is 11.3. The van der Waals surface area contributed by atoms with Crippen LogP contribution in [0.15, 0.2) is 36.4 Å². The summed E-state index contributed by atoms with van der Waals surface area (Å²) in [6, 6.07) is 10.5. The average molecular weight is 258 g/mol. The number of benzene rings is 1. The zero-order valence-electron chi connectivity index (χ0n) is 11.3. The van der Waals surface area contributed by atoms with E-state index in [1.165, 1.54) is 18.4 Å². The van der Waals surface area contributed by atoms with Crippen molar-refractivity contribution in [2.75, 3.05) is 6.54 Å². The Labute approximate surface area is 115 Å². The van der Waals surface area contributed by atoms with Gasteiger partial charge in [-0.1, -0.05) is 55.3 Å². The summed E-state index contributed by atoms with van der Waals surface area (Å²) >= 11 is 0. The molecule has 0 heterocycles. The van der Waals surface area contributed by atoms with Crippen LogP contribution in [0, 0.1) is 0 Å². The summed E-state index contributed by atoms with van der Waals surface area (Å²) in [5.74, 6) is 0. The number of rotatable bonds is 5. The lowest BCUT2D eigenvalue weighted by Gasteiger charge is -2.12. The van der Waals surface area contributed by atoms with Crippen molar-refractivity contribution in [2.24, 2.45) is 0 Å². The van der Waals surface area contributed by atoms with E-state index in [-0.39, 0.29) is 6.03 Å². The van der Waals surface area contributed by atoms with Crippen LogP contribution in [0.5, 0.6) is 0 Å². The van der Waals surface area contributed by atoms with Gasteiger partial charge in [-0.15, -0.1) is 0 Å². The fourth-order valence-electron chi connectivity index (χ4n) is 2.36. The van der Waals surface area contributed by atoms with Crippen LogP contribution in [0.2, 0.25) is 0 Å². The molecule has 1 aromatic rings. The van der Waals surface area contributed by atoms with Crippen LogP contribution in [-0.4, -0.2) is 18.6 Å². The second-order valence-electron chi connectivity index (χ2n) is 4.98. The van der Waals surface area contributed by atoms with Gasteiger partial charge in [0.1, 0.15) is 0 Å². The van der Waals surface area contributed by atoms with Gasteiger partial charge in [0.05, 0.1) is 0 Å². The Morgan fingerprint density at radius 1 is 1.21 bits per heavy atom. The second kappa shape index (κ2) is 7.62. The summed E-state index contributed by atoms with van der Waals surface area (Å²) in [6.45, 7) is 0.682. The fourth-order valence-corrected chi connectivity index (χ4v) is 2.36. The van der Waals surface area contributed by atoms with E-state index in [0.717, 1.165) is 19.3 Å². The van der Waals surface area contributed by atoms with Crippen LogP contribution in [0.1, 0.15) is 37.7 Å². The van der Waals surface area contributed by atoms with Gasteiger partial charge in [0, 0.05) is 12.6 Å². The molecule has 102 valence electrons. The van der Waals surface area contributed by atoms with Crippen LogP contribution in [0.25, 0.3) is 6.08 Å². The third-order valence-corrected chi connectivity index (χ3v) is 3.40. The second-order valence-corrected chi connectivity index (χ2v) is 4.98. The number of hydrogen-bond acceptors (Lipinski definition) is 1. The Morgan fingerprint density at radius 3 is 2.68 bits per heavy atom. The van der Waals surface area contributed by atoms with E-state index in [0.29, 0.717) is 12.6 Å². The van der Waals surface area contributed by atoms with Crippen molar-refractivity contribution in [3.05, 3.63) is 42.0 Å². The highest BCUT2D eigenvalue weighted by Crippen LogP contribution is 2.17. The predicted molar refractivity (Wildman–Crippen MR) is 78.9 cm³/mol. The molecule has 1 aromatic carbocycles. The lowest BCUT2D eigenvalue weighted by Crippen LogP contribution is -2.41. The highest BCUT2D eigenvalue weighted by Gasteiger charge is 2.16. The molecule has 1 fully saturated rings. The van der Waals surface area contributed by atoms with Gasteiger partial charge in [-0.25, -0.2) is 4.79 Å². The Hall–Kier alpha value is -1.77. The van der Waals surface area contributed by atoms with Gasteiger partial charge < -0.3 is 10.6 Å². The molecule has 0 spiro atoms. The molecule has 0 unspecified atom stereocenters. The van der Waals surface area contributed by atoms with Gasteiger partial charge in [0.15, 0.2) is 0 Å². The number of carbonyl (C=O) groups excluding carboxylic acids is 1. The molecule has 1 aliphatic rings. The van der Waals surface area contributed by atoms with Crippen molar-refractivity contribution >= 4 is 12.1 Å². The molecular weight excluding hydrogens is 236 g/mol. The van der Waals surface area contributed by atoms with E-state index >= 15 is 0 Å². The number of hydrogen-bond donors (Lipinski definition) is 2. The first-order chi connectivity index (χ1) is 9.34. The van der Waals surface area contributed by atoms with E-state index in [4.69, 9.17) is 0 Å². The average Bonchev–Trinajstić information content (AvgIpc) is 2.92. The summed E-state index contributed by atoms with van der Waals surface area (Å²) in [6.07, 6.45) is 9.76. The fraction of sp³-hybridized carbons (Fsp3) is 0.438. The largest absolute Gasteiger partial charge is 0.338 e. The van der Waals surface area contributed by atoms with Gasteiger partial charge in [-0.2, -0.15) is 0 Å². The van der Waals surface area contributed by atoms with Crippen molar-refractivity contribution in [3.8, 4) is 0 Å². The summed E-state index contributed by atoms with van der Waals surface area (Å²) in [5.41, 5.74) is 1.19. The maximum absolute atomic E-state index is 11.6. The molecule has 0 saturated heterocycles. The van der Waals surface area contributed by atoms with E-state index < -0.39 is 0 Å². The first-order valence-corrected chi connectivity index (χ1v) is 7.10. The molecule has 1 aliphatic carbocycles. The highest BCUT2D eigenvalue weighted by molar-refractivity contribution is 5.74. The molecule has 2 amide bonds. The molecule has 2 rings (SSSR count). The number of urea groups is 1. The van der Waals surface area contributed by atoms with E-state index in [1.54, 1.807) is 0 Å². The predicted octanol–water partition coefficient (Wildman–Crippen LogP) is 3.33. The molecule has 19 heavy (non-hydrogen) atoms. The van der Waals surface area contributed by atoms with Crippen LogP contribution in [-0.2, 0) is 0 Å². The molecule has 0 radical (unpaired) electrons. The summed E-state index contributed by atoms with van der Waals surface area (Å²) in [4.78, 5) is 11.6. The van der Waals surface area contributed by atoms with Gasteiger partial charge in [-0.05, 0) is 24.8 Å². The molecule has 3 heteroatoms. The maximum Gasteiger partial charge on any atom is 0.315 e. The maximum atomic E-state index is 11.6. The third kappa shape index (κ3) is 5.16. The molecule has 1 saturated carbocycles. The number of nitrogens with one attached hydrogen (secondary N) is 2. The Kier molecular flexibility index (Phi) is 5.48. The summed E-state index contributed by atoms with van der Waals surface area (Å²) < 4.78 is 0. The summed E-state index contributed by atoms with van der Waals surface area (Å²) in [5, 5.41) is 5.91. The van der Waals surface area contributed by atoms with Crippen LogP contribution >= 0.6 is 0 Å². The van der Waals surface area contributed by atoms with Crippen LogP contribution < -0.4 is 10.6 Å². The first kappa shape index (κ1) is 13.7. The van der Waals surface area contributed by atoms with Gasteiger partial charge in [-0.3, -0.25) is 0 Å². The van der Waals surface area contributed by atoms with E-state index in [9.17, 15) is 4.79 Å². The van der Waals surface area contributed by atoms with Crippen LogP contribution in [0.4, 0.5) is 4.79 Å². The number of amides is 2. The quantitative estimate of drug-likeness (QED) is 0.781. The third-order valence-electron chi connectivity index (χ3n) is 3.40. The van der Waals surface area contributed by atoms with Gasteiger partial charge in [0.2, 0.25) is 0 Å². The Balaban J connectivity index is 1.58. The van der Waals surface area contributed by atoms with Gasteiger partial charge in [0.25, 0.3) is 0 Å². The Morgan fingerprint density at radius 2 is 1.95 bits per heavy atom. The van der Waals surface area contributed by atoms with E-state index in [1.807, 2.05) is 18.2 Å². The number of carbonyl (C=O) groups is 1. The topological polar surface area (TPSA) is 41.1 Å². The van der Waals surface area contributed by atoms with Crippen molar-refractivity contribution < 1.29 is 4.79 Å². The molecule has 3 nitrogen and oxygen atoms in total. The molecule has 0 atom stereocenters. The lowest BCUT2D eigenvalue weighted by molar-refractivity contribution is 0.237. The van der Waals surface area contributed by atoms with Crippen LogP contribution in [0.3, 0.4) is 0 Å². The monoisotopic (exact) mass is 258 g/mol. The minimum Gasteiger partial charge on any atom is -0.338 e. The van der Waals surface area contributed by atoms with Gasteiger partial charge >= 0.3 is 6.03 Å². The zero-order chi connectivity index (χ0) is 13.3. The van der Waals surface area contributed by atoms with Crippen molar-refractivity contribution in [2.45, 2.75) is 38.1 Å². The molecular formula is C16H22N2O.